The molecule has 0 aromatic carbocycles. The number of carbonyl (C=O) groups excluding carboxylic acids is 3. The Morgan fingerprint density at radius 1 is 0.266 bits per heavy atom. The van der Waals surface area contributed by atoms with E-state index in [1.165, 1.54) is 38.5 Å². The molecule has 0 aromatic heterocycles. The van der Waals surface area contributed by atoms with E-state index in [0.717, 1.165) is 205 Å². The first-order chi connectivity index (χ1) is 53.2. The van der Waals surface area contributed by atoms with Crippen LogP contribution >= 0.6 is 15.6 Å². The van der Waals surface area contributed by atoms with Gasteiger partial charge in [-0.05, 0) is 167 Å². The van der Waals surface area contributed by atoms with Crippen LogP contribution < -0.4 is 0 Å². The summed E-state index contributed by atoms with van der Waals surface area (Å²) in [6.07, 6.45) is 107. The van der Waals surface area contributed by atoms with E-state index in [0.29, 0.717) is 19.3 Å². The molecular formula is C91H148O16P2. The van der Waals surface area contributed by atoms with E-state index in [1.54, 1.807) is 0 Å². The summed E-state index contributed by atoms with van der Waals surface area (Å²) >= 11 is 0. The molecule has 0 fully saturated rings. The van der Waals surface area contributed by atoms with Gasteiger partial charge < -0.3 is 34.2 Å². The van der Waals surface area contributed by atoms with Crippen molar-refractivity contribution in [3.8, 4) is 0 Å². The molecule has 0 aliphatic rings. The Bertz CT molecular complexity index is 2760. The summed E-state index contributed by atoms with van der Waals surface area (Å²) in [5.74, 6) is -1.63. The highest BCUT2D eigenvalue weighted by Gasteiger charge is 2.29. The van der Waals surface area contributed by atoms with Crippen LogP contribution in [0.15, 0.2) is 194 Å². The molecule has 4 N–H and O–H groups in total. The second kappa shape index (κ2) is 81.9. The molecule has 0 spiro atoms. The minimum Gasteiger partial charge on any atom is -0.463 e. The van der Waals surface area contributed by atoms with Crippen LogP contribution in [0.2, 0.25) is 0 Å². The quantitative estimate of drug-likeness (QED) is 0.0146. The van der Waals surface area contributed by atoms with Gasteiger partial charge in [-0.3, -0.25) is 32.5 Å². The van der Waals surface area contributed by atoms with Gasteiger partial charge in [0.15, 0.2) is 6.10 Å². The largest absolute Gasteiger partial charge is 0.472 e. The van der Waals surface area contributed by atoms with Gasteiger partial charge in [-0.15, -0.1) is 0 Å². The highest BCUT2D eigenvalue weighted by Crippen LogP contribution is 2.45. The molecule has 0 aliphatic carbocycles. The minimum atomic E-state index is -4.96. The molecule has 109 heavy (non-hydrogen) atoms. The van der Waals surface area contributed by atoms with Gasteiger partial charge in [-0.25, -0.2) is 9.13 Å². The number of aliphatic hydroxyl groups excluding tert-OH is 2. The van der Waals surface area contributed by atoms with E-state index >= 15 is 0 Å². The zero-order chi connectivity index (χ0) is 79.4. The number of aliphatic hydroxyl groups is 2. The lowest BCUT2D eigenvalue weighted by molar-refractivity contribution is -0.161. The van der Waals surface area contributed by atoms with Crippen LogP contribution in [0.3, 0.4) is 0 Å². The highest BCUT2D eigenvalue weighted by molar-refractivity contribution is 7.47. The molecular weight excluding hydrogens is 1410 g/mol. The third-order valence-corrected chi connectivity index (χ3v) is 18.7. The monoisotopic (exact) mass is 1560 g/mol. The number of esters is 3. The lowest BCUT2D eigenvalue weighted by atomic mass is 10.1. The number of phosphoric ester groups is 2. The second-order valence-corrected chi connectivity index (χ2v) is 30.1. The van der Waals surface area contributed by atoms with Gasteiger partial charge >= 0.3 is 33.6 Å². The first kappa shape index (κ1) is 103. The maximum absolute atomic E-state index is 13.0. The van der Waals surface area contributed by atoms with Gasteiger partial charge in [0.25, 0.3) is 0 Å². The highest BCUT2D eigenvalue weighted by atomic mass is 31.2. The second-order valence-electron chi connectivity index (χ2n) is 27.2. The number of hydrogen-bond donors (Lipinski definition) is 4. The van der Waals surface area contributed by atoms with E-state index in [-0.39, 0.29) is 19.3 Å². The fraction of sp³-hybridized carbons (Fsp3) is 0.615. The molecule has 0 aliphatic heterocycles. The maximum atomic E-state index is 13.0. The Balaban J connectivity index is 4.73. The Morgan fingerprint density at radius 2 is 0.486 bits per heavy atom. The van der Waals surface area contributed by atoms with Gasteiger partial charge in [0, 0.05) is 19.3 Å². The van der Waals surface area contributed by atoms with Crippen molar-refractivity contribution in [1.82, 2.24) is 0 Å². The molecule has 0 radical (unpaired) electrons. The van der Waals surface area contributed by atoms with E-state index in [9.17, 15) is 43.5 Å². The SMILES string of the molecule is CC/C=C\C/C=C\C/C=C\C/C=C\C/C=C\C/C=C\CCCCCCCCCCC(=O)OCC(O)COP(=O)(O)OCC(O)COP(=O)(O)OCC(COC(=O)CCCCCCCC/C=C\C/C=C\C/C=C\C/C=C\C/C=C\C/C=C\CC)OC(=O)CCCCCCC/C=C\C/C=C\C/C=C\C/C=C\CCCCC. The average molecular weight is 1560 g/mol. The number of ether oxygens (including phenoxy) is 3. The number of carbonyl (C=O) groups is 3. The fourth-order valence-electron chi connectivity index (χ4n) is 10.5. The van der Waals surface area contributed by atoms with Crippen molar-refractivity contribution in [3.05, 3.63) is 194 Å². The lowest BCUT2D eigenvalue weighted by Gasteiger charge is -2.21. The normalized spacial score (nSPS) is 14.9. The van der Waals surface area contributed by atoms with Gasteiger partial charge in [0.05, 0.1) is 26.4 Å². The van der Waals surface area contributed by atoms with Crippen molar-refractivity contribution >= 4 is 33.6 Å². The fourth-order valence-corrected chi connectivity index (χ4v) is 12.1. The summed E-state index contributed by atoms with van der Waals surface area (Å²) in [7, 11) is -9.83. The molecule has 618 valence electrons. The standard InChI is InChI=1S/C91H148O16P2/c1-4-7-10-13-16-19-22-25-28-31-34-37-39-41-42-44-46-48-50-53-56-59-62-65-68-71-74-77-89(94)101-80-86(92)81-103-108(97,98)104-82-87(93)83-105-109(99,100)106-85-88(107-91(96)79-76-73-70-67-64-61-58-55-52-47-36-33-30-27-24-21-18-15-12-9-6-3)84-102-90(95)78-75-72-69-66-63-60-57-54-51-49-45-43-40-38-35-32-29-26-23-20-17-14-11-8-5-2/h7-8,10-11,16-21,25-30,34-38,41-43,45-48,51,54-55,58,86-88,92-93H,4-6,9,12-15,22-24,31-33,39-40,44,49-50,52-53,56-57,59-85H2,1-3H3,(H,97,98)(H,99,100)/b10-7-,11-8-,19-16-,20-17-,21-18-,28-25-,29-26-,30-27-,37-34-,38-35-,42-41-,45-43-,47-36-,48-46-,54-51-,58-55-. The first-order valence-corrected chi connectivity index (χ1v) is 44.7. The van der Waals surface area contributed by atoms with Crippen LogP contribution in [-0.4, -0.2) is 95.9 Å². The summed E-state index contributed by atoms with van der Waals surface area (Å²) < 4.78 is 61.3. The summed E-state index contributed by atoms with van der Waals surface area (Å²) in [4.78, 5) is 58.8. The zero-order valence-corrected chi connectivity index (χ0v) is 69.4. The molecule has 0 heterocycles. The van der Waals surface area contributed by atoms with Crippen LogP contribution in [0.4, 0.5) is 0 Å². The van der Waals surface area contributed by atoms with E-state index in [2.05, 4.69) is 215 Å². The molecule has 0 saturated heterocycles. The van der Waals surface area contributed by atoms with Gasteiger partial charge in [0.1, 0.15) is 25.4 Å². The van der Waals surface area contributed by atoms with E-state index in [4.69, 9.17) is 32.3 Å². The molecule has 18 heteroatoms. The Hall–Kier alpha value is -5.61. The van der Waals surface area contributed by atoms with Crippen LogP contribution in [-0.2, 0) is 55.8 Å². The topological polar surface area (TPSA) is 231 Å². The molecule has 0 rings (SSSR count). The van der Waals surface area contributed by atoms with Crippen molar-refractivity contribution in [2.24, 2.45) is 0 Å². The summed E-state index contributed by atoms with van der Waals surface area (Å²) in [5.41, 5.74) is 0. The van der Waals surface area contributed by atoms with Crippen LogP contribution in [0.1, 0.15) is 303 Å². The number of phosphoric acid groups is 2. The maximum Gasteiger partial charge on any atom is 0.472 e. The van der Waals surface area contributed by atoms with Crippen molar-refractivity contribution in [1.29, 1.82) is 0 Å². The smallest absolute Gasteiger partial charge is 0.463 e. The Morgan fingerprint density at radius 3 is 0.771 bits per heavy atom. The number of unbranched alkanes of at least 4 members (excludes halogenated alkanes) is 22. The summed E-state index contributed by atoms with van der Waals surface area (Å²) in [5, 5.41) is 20.7. The van der Waals surface area contributed by atoms with Crippen LogP contribution in [0.5, 0.6) is 0 Å². The number of hydrogen-bond acceptors (Lipinski definition) is 14. The molecule has 0 bridgehead atoms. The predicted molar refractivity (Wildman–Crippen MR) is 454 cm³/mol. The Labute approximate surface area is 661 Å². The number of rotatable bonds is 77. The van der Waals surface area contributed by atoms with Crippen molar-refractivity contribution in [2.75, 3.05) is 39.6 Å². The van der Waals surface area contributed by atoms with Crippen molar-refractivity contribution in [3.63, 3.8) is 0 Å². The van der Waals surface area contributed by atoms with Crippen molar-refractivity contribution in [2.45, 2.75) is 322 Å². The van der Waals surface area contributed by atoms with Gasteiger partial charge in [-0.2, -0.15) is 0 Å². The molecule has 0 saturated carbocycles. The van der Waals surface area contributed by atoms with Gasteiger partial charge in [0.2, 0.25) is 0 Å². The molecule has 0 aromatic rings. The summed E-state index contributed by atoms with van der Waals surface area (Å²) in [6, 6.07) is 0. The average Bonchev–Trinajstić information content (AvgIpc) is 0.902. The molecule has 5 unspecified atom stereocenters. The minimum absolute atomic E-state index is 0.0721. The van der Waals surface area contributed by atoms with Crippen LogP contribution in [0.25, 0.3) is 0 Å². The van der Waals surface area contributed by atoms with Crippen LogP contribution in [0, 0.1) is 0 Å². The zero-order valence-electron chi connectivity index (χ0n) is 67.6. The predicted octanol–water partition coefficient (Wildman–Crippen LogP) is 25.1. The lowest BCUT2D eigenvalue weighted by Crippen LogP contribution is -2.30. The van der Waals surface area contributed by atoms with E-state index < -0.39 is 91.5 Å². The molecule has 0 amide bonds. The Kier molecular flexibility index (Phi) is 77.7. The van der Waals surface area contributed by atoms with E-state index in [1.807, 2.05) is 0 Å². The third kappa shape index (κ3) is 83.2. The first-order valence-electron chi connectivity index (χ1n) is 41.7. The third-order valence-electron chi connectivity index (χ3n) is 16.8. The van der Waals surface area contributed by atoms with Gasteiger partial charge in [-0.1, -0.05) is 312 Å². The number of allylic oxidation sites excluding steroid dienone is 32. The summed E-state index contributed by atoms with van der Waals surface area (Å²) in [6.45, 7) is 2.37. The molecule has 16 nitrogen and oxygen atoms in total. The molecule has 5 atom stereocenters. The van der Waals surface area contributed by atoms with Crippen molar-refractivity contribution < 1.29 is 75.8 Å².